The number of benzene rings is 2. The van der Waals surface area contributed by atoms with Gasteiger partial charge in [0, 0.05) is 31.0 Å². The number of anilines is 3. The lowest BCUT2D eigenvalue weighted by Crippen LogP contribution is -2.45. The summed E-state index contributed by atoms with van der Waals surface area (Å²) in [6.45, 7) is 1.23. The van der Waals surface area contributed by atoms with Crippen molar-refractivity contribution >= 4 is 23.2 Å². The summed E-state index contributed by atoms with van der Waals surface area (Å²) in [4.78, 5) is 41.6. The highest BCUT2D eigenvalue weighted by molar-refractivity contribution is 5.95. The zero-order valence-corrected chi connectivity index (χ0v) is 15.7. The van der Waals surface area contributed by atoms with Crippen LogP contribution in [0.1, 0.15) is 5.56 Å². The van der Waals surface area contributed by atoms with E-state index in [0.29, 0.717) is 25.6 Å². The van der Waals surface area contributed by atoms with Gasteiger partial charge in [-0.3, -0.25) is 19.0 Å². The lowest BCUT2D eigenvalue weighted by Gasteiger charge is -2.19. The molecule has 2 aromatic carbocycles. The highest BCUT2D eigenvalue weighted by Gasteiger charge is 2.28. The predicted molar refractivity (Wildman–Crippen MR) is 109 cm³/mol. The van der Waals surface area contributed by atoms with Crippen LogP contribution in [-0.4, -0.2) is 33.3 Å². The standard InChI is InChI=1S/C21H19N5O3/c27-18(24-11-10-15-6-4-5-9-17(15)24)14-26-20(29)19(28)25-13-12-23(21(25)22-26)16-7-2-1-3-8-16/h1-9H,10-14H2. The largest absolute Gasteiger partial charge is 0.333 e. The molecule has 8 heteroatoms. The van der Waals surface area contributed by atoms with Crippen molar-refractivity contribution in [3.63, 3.8) is 0 Å². The Morgan fingerprint density at radius 2 is 1.66 bits per heavy atom. The van der Waals surface area contributed by atoms with Gasteiger partial charge in [0.1, 0.15) is 6.54 Å². The number of para-hydroxylation sites is 2. The van der Waals surface area contributed by atoms with Crippen LogP contribution in [0.15, 0.2) is 64.2 Å². The van der Waals surface area contributed by atoms with E-state index in [-0.39, 0.29) is 12.5 Å². The number of hydrogen-bond acceptors (Lipinski definition) is 5. The SMILES string of the molecule is O=C(Cn1nc2n(c(=O)c1=O)CCN2c1ccccc1)N1CCc2ccccc21. The first-order valence-electron chi connectivity index (χ1n) is 9.56. The molecular formula is C21H19N5O3. The molecule has 3 aromatic rings. The Labute approximate surface area is 166 Å². The zero-order chi connectivity index (χ0) is 20.0. The Morgan fingerprint density at radius 3 is 2.48 bits per heavy atom. The summed E-state index contributed by atoms with van der Waals surface area (Å²) in [6.07, 6.45) is 0.777. The molecule has 29 heavy (non-hydrogen) atoms. The third kappa shape index (κ3) is 2.84. The normalized spacial score (nSPS) is 14.8. The van der Waals surface area contributed by atoms with Crippen LogP contribution in [0.3, 0.4) is 0 Å². The van der Waals surface area contributed by atoms with Gasteiger partial charge in [0.2, 0.25) is 11.9 Å². The van der Waals surface area contributed by atoms with Gasteiger partial charge in [0.25, 0.3) is 0 Å². The predicted octanol–water partition coefficient (Wildman–Crippen LogP) is 1.15. The molecule has 0 unspecified atom stereocenters. The van der Waals surface area contributed by atoms with Crippen molar-refractivity contribution in [2.24, 2.45) is 0 Å². The molecular weight excluding hydrogens is 370 g/mol. The monoisotopic (exact) mass is 389 g/mol. The molecule has 8 nitrogen and oxygen atoms in total. The van der Waals surface area contributed by atoms with Crippen LogP contribution in [0.4, 0.5) is 17.3 Å². The molecule has 0 saturated carbocycles. The molecule has 1 amide bonds. The van der Waals surface area contributed by atoms with Crippen molar-refractivity contribution in [3.8, 4) is 0 Å². The van der Waals surface area contributed by atoms with E-state index in [4.69, 9.17) is 0 Å². The Balaban J connectivity index is 1.49. The molecule has 1 aromatic heterocycles. The maximum Gasteiger partial charge on any atom is 0.333 e. The molecule has 0 spiro atoms. The lowest BCUT2D eigenvalue weighted by atomic mass is 10.2. The quantitative estimate of drug-likeness (QED) is 0.628. The molecule has 3 heterocycles. The average molecular weight is 389 g/mol. The zero-order valence-electron chi connectivity index (χ0n) is 15.7. The third-order valence-corrected chi connectivity index (χ3v) is 5.44. The van der Waals surface area contributed by atoms with Crippen LogP contribution in [-0.2, 0) is 24.3 Å². The first-order chi connectivity index (χ1) is 14.1. The third-order valence-electron chi connectivity index (χ3n) is 5.44. The summed E-state index contributed by atoms with van der Waals surface area (Å²) in [5, 5.41) is 4.38. The number of hydrogen-bond donors (Lipinski definition) is 0. The van der Waals surface area contributed by atoms with E-state index in [1.807, 2.05) is 59.5 Å². The van der Waals surface area contributed by atoms with Crippen LogP contribution in [0, 0.1) is 0 Å². The summed E-state index contributed by atoms with van der Waals surface area (Å²) in [6, 6.07) is 17.3. The number of aromatic nitrogens is 3. The molecule has 0 atom stereocenters. The van der Waals surface area contributed by atoms with Gasteiger partial charge in [0.15, 0.2) is 0 Å². The van der Waals surface area contributed by atoms with Crippen molar-refractivity contribution < 1.29 is 4.79 Å². The maximum absolute atomic E-state index is 12.9. The van der Waals surface area contributed by atoms with Gasteiger partial charge in [-0.25, -0.2) is 4.68 Å². The molecule has 2 aliphatic heterocycles. The van der Waals surface area contributed by atoms with E-state index in [1.54, 1.807) is 4.90 Å². The Hall–Kier alpha value is -3.68. The van der Waals surface area contributed by atoms with Crippen LogP contribution in [0.5, 0.6) is 0 Å². The fourth-order valence-corrected chi connectivity index (χ4v) is 4.00. The molecule has 0 N–H and O–H groups in total. The van der Waals surface area contributed by atoms with Gasteiger partial charge in [-0.05, 0) is 30.2 Å². The Morgan fingerprint density at radius 1 is 0.897 bits per heavy atom. The number of carbonyl (C=O) groups is 1. The van der Waals surface area contributed by atoms with E-state index in [0.717, 1.165) is 28.0 Å². The number of amides is 1. The Kier molecular flexibility index (Phi) is 4.04. The second-order valence-corrected chi connectivity index (χ2v) is 7.13. The highest BCUT2D eigenvalue weighted by atomic mass is 16.2. The molecule has 5 rings (SSSR count). The number of nitrogens with zero attached hydrogens (tertiary/aromatic N) is 5. The smallest absolute Gasteiger partial charge is 0.310 e. The number of carbonyl (C=O) groups excluding carboxylic acids is 1. The highest BCUT2D eigenvalue weighted by Crippen LogP contribution is 2.28. The van der Waals surface area contributed by atoms with Gasteiger partial charge in [-0.15, -0.1) is 5.10 Å². The van der Waals surface area contributed by atoms with Crippen molar-refractivity contribution in [3.05, 3.63) is 80.9 Å². The second kappa shape index (κ2) is 6.73. The van der Waals surface area contributed by atoms with E-state index in [1.165, 1.54) is 4.57 Å². The topological polar surface area (TPSA) is 80.4 Å². The second-order valence-electron chi connectivity index (χ2n) is 7.13. The van der Waals surface area contributed by atoms with Crippen molar-refractivity contribution in [2.45, 2.75) is 19.5 Å². The number of rotatable bonds is 3. The maximum atomic E-state index is 12.9. The molecule has 0 aliphatic carbocycles. The van der Waals surface area contributed by atoms with Crippen LogP contribution >= 0.6 is 0 Å². The summed E-state index contributed by atoms with van der Waals surface area (Å²) in [5.74, 6) is 0.133. The van der Waals surface area contributed by atoms with E-state index >= 15 is 0 Å². The molecule has 146 valence electrons. The minimum atomic E-state index is -0.774. The van der Waals surface area contributed by atoms with Crippen LogP contribution in [0.2, 0.25) is 0 Å². The molecule has 0 bridgehead atoms. The first-order valence-corrected chi connectivity index (χ1v) is 9.56. The molecule has 0 fully saturated rings. The van der Waals surface area contributed by atoms with Gasteiger partial charge in [-0.2, -0.15) is 0 Å². The van der Waals surface area contributed by atoms with E-state index in [2.05, 4.69) is 5.10 Å². The van der Waals surface area contributed by atoms with Crippen molar-refractivity contribution in [2.75, 3.05) is 22.9 Å². The summed E-state index contributed by atoms with van der Waals surface area (Å²) < 4.78 is 2.38. The minimum absolute atomic E-state index is 0.252. The van der Waals surface area contributed by atoms with Crippen LogP contribution < -0.4 is 20.9 Å². The lowest BCUT2D eigenvalue weighted by molar-refractivity contribution is -0.119. The van der Waals surface area contributed by atoms with E-state index < -0.39 is 11.1 Å². The molecule has 0 radical (unpaired) electrons. The van der Waals surface area contributed by atoms with Gasteiger partial charge < -0.3 is 9.80 Å². The fraction of sp³-hybridized carbons (Fsp3) is 0.238. The fourth-order valence-electron chi connectivity index (χ4n) is 4.00. The van der Waals surface area contributed by atoms with Gasteiger partial charge >= 0.3 is 11.1 Å². The Bertz CT molecular complexity index is 1210. The summed E-state index contributed by atoms with van der Waals surface area (Å²) in [7, 11) is 0. The van der Waals surface area contributed by atoms with Crippen LogP contribution in [0.25, 0.3) is 0 Å². The van der Waals surface area contributed by atoms with Crippen molar-refractivity contribution in [1.29, 1.82) is 0 Å². The summed E-state index contributed by atoms with van der Waals surface area (Å²) >= 11 is 0. The van der Waals surface area contributed by atoms with Gasteiger partial charge in [-0.1, -0.05) is 36.4 Å². The van der Waals surface area contributed by atoms with Gasteiger partial charge in [0.05, 0.1) is 0 Å². The van der Waals surface area contributed by atoms with Crippen molar-refractivity contribution in [1.82, 2.24) is 14.3 Å². The van der Waals surface area contributed by atoms with E-state index in [9.17, 15) is 14.4 Å². The molecule has 2 aliphatic rings. The minimum Gasteiger partial charge on any atom is -0.310 e. The first kappa shape index (κ1) is 17.4. The molecule has 0 saturated heterocycles. The average Bonchev–Trinajstić information content (AvgIpc) is 3.37. The number of fused-ring (bicyclic) bond motifs is 2. The summed E-state index contributed by atoms with van der Waals surface area (Å²) in [5.41, 5.74) is 1.42.